The highest BCUT2D eigenvalue weighted by Crippen LogP contribution is 2.27. The number of methoxy groups -OCH3 is 1. The molecule has 0 fully saturated rings. The van der Waals surface area contributed by atoms with Crippen molar-refractivity contribution in [1.29, 1.82) is 0 Å². The predicted molar refractivity (Wildman–Crippen MR) is 99.3 cm³/mol. The molecule has 25 heavy (non-hydrogen) atoms. The van der Waals surface area contributed by atoms with Crippen LogP contribution in [-0.2, 0) is 10.0 Å². The summed E-state index contributed by atoms with van der Waals surface area (Å²) in [5.74, 6) is 0.850. The fraction of sp³-hybridized carbons (Fsp3) is 0.333. The molecule has 0 aliphatic heterocycles. The van der Waals surface area contributed by atoms with Gasteiger partial charge in [0, 0.05) is 6.54 Å². The third-order valence-electron chi connectivity index (χ3n) is 3.81. The second kappa shape index (κ2) is 8.08. The third-order valence-corrected chi connectivity index (χ3v) is 5.60. The summed E-state index contributed by atoms with van der Waals surface area (Å²) < 4.78 is 38.4. The molecule has 7 heteroatoms. The molecule has 136 valence electrons. The van der Waals surface area contributed by atoms with E-state index in [1.54, 1.807) is 18.2 Å². The molecule has 0 aromatic heterocycles. The molecule has 2 aromatic carbocycles. The minimum Gasteiger partial charge on any atom is -0.495 e. The third kappa shape index (κ3) is 4.87. The number of aryl methyl sites for hydroxylation is 3. The molecule has 0 aliphatic carbocycles. The molecule has 0 spiro atoms. The van der Waals surface area contributed by atoms with Gasteiger partial charge in [-0.3, -0.25) is 0 Å². The molecular weight excluding hydrogens is 362 g/mol. The zero-order valence-corrected chi connectivity index (χ0v) is 16.3. The van der Waals surface area contributed by atoms with E-state index in [0.717, 1.165) is 16.7 Å². The number of hydrogen-bond donors (Lipinski definition) is 1. The Balaban J connectivity index is 2.05. The molecule has 0 unspecified atom stereocenters. The van der Waals surface area contributed by atoms with Gasteiger partial charge in [0.1, 0.15) is 23.0 Å². The van der Waals surface area contributed by atoms with Gasteiger partial charge in [0.15, 0.2) is 0 Å². The first-order valence-electron chi connectivity index (χ1n) is 7.78. The maximum atomic E-state index is 12.5. The molecular formula is C18H22ClNO4S. The highest BCUT2D eigenvalue weighted by atomic mass is 35.5. The van der Waals surface area contributed by atoms with Crippen LogP contribution in [0.25, 0.3) is 0 Å². The van der Waals surface area contributed by atoms with E-state index in [0.29, 0.717) is 16.5 Å². The van der Waals surface area contributed by atoms with Crippen LogP contribution in [0.3, 0.4) is 0 Å². The van der Waals surface area contributed by atoms with E-state index in [2.05, 4.69) is 4.72 Å². The van der Waals surface area contributed by atoms with Crippen molar-refractivity contribution in [2.75, 3.05) is 20.3 Å². The highest BCUT2D eigenvalue weighted by Gasteiger charge is 2.20. The lowest BCUT2D eigenvalue weighted by Gasteiger charge is -2.14. The van der Waals surface area contributed by atoms with Crippen LogP contribution < -0.4 is 14.2 Å². The van der Waals surface area contributed by atoms with E-state index >= 15 is 0 Å². The van der Waals surface area contributed by atoms with Crippen LogP contribution in [0.4, 0.5) is 0 Å². The lowest BCUT2D eigenvalue weighted by atomic mass is 10.1. The van der Waals surface area contributed by atoms with Crippen LogP contribution in [0, 0.1) is 20.8 Å². The first-order valence-corrected chi connectivity index (χ1v) is 9.64. The maximum absolute atomic E-state index is 12.5. The van der Waals surface area contributed by atoms with Crippen LogP contribution in [-0.4, -0.2) is 28.7 Å². The quantitative estimate of drug-likeness (QED) is 0.741. The number of nitrogens with one attached hydrogen (secondary N) is 1. The SMILES string of the molecule is COc1cc(C)c(C)cc1S(=O)(=O)NCCOc1cc(C)ccc1Cl. The van der Waals surface area contributed by atoms with Gasteiger partial charge in [-0.05, 0) is 61.7 Å². The molecule has 0 aliphatic rings. The normalized spacial score (nSPS) is 11.4. The highest BCUT2D eigenvalue weighted by molar-refractivity contribution is 7.89. The Labute approximate surface area is 154 Å². The summed E-state index contributed by atoms with van der Waals surface area (Å²) >= 11 is 6.05. The van der Waals surface area contributed by atoms with Gasteiger partial charge in [-0.25, -0.2) is 13.1 Å². The van der Waals surface area contributed by atoms with Gasteiger partial charge >= 0.3 is 0 Å². The van der Waals surface area contributed by atoms with Crippen molar-refractivity contribution in [3.8, 4) is 11.5 Å². The topological polar surface area (TPSA) is 64.6 Å². The first-order chi connectivity index (χ1) is 11.7. The van der Waals surface area contributed by atoms with E-state index in [9.17, 15) is 8.42 Å². The van der Waals surface area contributed by atoms with Gasteiger partial charge in [-0.15, -0.1) is 0 Å². The Hall–Kier alpha value is -1.76. The van der Waals surface area contributed by atoms with Crippen LogP contribution in [0.2, 0.25) is 5.02 Å². The Bertz CT molecular complexity index is 866. The number of sulfonamides is 1. The zero-order valence-electron chi connectivity index (χ0n) is 14.7. The maximum Gasteiger partial charge on any atom is 0.244 e. The van der Waals surface area contributed by atoms with Crippen molar-refractivity contribution in [1.82, 2.24) is 4.72 Å². The lowest BCUT2D eigenvalue weighted by molar-refractivity contribution is 0.322. The summed E-state index contributed by atoms with van der Waals surface area (Å²) in [6.45, 7) is 5.97. The fourth-order valence-corrected chi connectivity index (χ4v) is 3.69. The number of rotatable bonds is 7. The second-order valence-corrected chi connectivity index (χ2v) is 7.91. The predicted octanol–water partition coefficient (Wildman–Crippen LogP) is 3.63. The van der Waals surface area contributed by atoms with Crippen molar-refractivity contribution >= 4 is 21.6 Å². The van der Waals surface area contributed by atoms with Gasteiger partial charge < -0.3 is 9.47 Å². The van der Waals surface area contributed by atoms with Crippen LogP contribution >= 0.6 is 11.6 Å². The summed E-state index contributed by atoms with van der Waals surface area (Å²) in [4.78, 5) is 0.117. The van der Waals surface area contributed by atoms with Gasteiger partial charge in [-0.1, -0.05) is 17.7 Å². The Morgan fingerprint density at radius 3 is 2.40 bits per heavy atom. The van der Waals surface area contributed by atoms with Crippen molar-refractivity contribution in [2.45, 2.75) is 25.7 Å². The standard InChI is InChI=1S/C18H22ClNO4S/c1-12-5-6-15(19)16(9-12)24-8-7-20-25(21,22)18-11-14(3)13(2)10-17(18)23-4/h5-6,9-11,20H,7-8H2,1-4H3. The summed E-state index contributed by atoms with van der Waals surface area (Å²) in [6.07, 6.45) is 0. The van der Waals surface area contributed by atoms with Gasteiger partial charge in [0.25, 0.3) is 0 Å². The Morgan fingerprint density at radius 2 is 1.72 bits per heavy atom. The van der Waals surface area contributed by atoms with Crippen LogP contribution in [0.5, 0.6) is 11.5 Å². The molecule has 1 N–H and O–H groups in total. The molecule has 2 aromatic rings. The van der Waals surface area contributed by atoms with Crippen LogP contribution in [0.1, 0.15) is 16.7 Å². The fourth-order valence-electron chi connectivity index (χ4n) is 2.27. The molecule has 0 heterocycles. The van der Waals surface area contributed by atoms with Crippen molar-refractivity contribution in [2.24, 2.45) is 0 Å². The monoisotopic (exact) mass is 383 g/mol. The number of benzene rings is 2. The molecule has 0 saturated carbocycles. The number of halogens is 1. The van der Waals surface area contributed by atoms with E-state index in [1.807, 2.05) is 32.9 Å². The number of ether oxygens (including phenoxy) is 2. The molecule has 0 bridgehead atoms. The first kappa shape index (κ1) is 19.6. The smallest absolute Gasteiger partial charge is 0.244 e. The molecule has 5 nitrogen and oxygen atoms in total. The number of hydrogen-bond acceptors (Lipinski definition) is 4. The van der Waals surface area contributed by atoms with Gasteiger partial charge in [-0.2, -0.15) is 0 Å². The molecule has 0 saturated heterocycles. The molecule has 0 radical (unpaired) electrons. The van der Waals surface area contributed by atoms with E-state index in [1.165, 1.54) is 7.11 Å². The van der Waals surface area contributed by atoms with Crippen molar-refractivity contribution in [3.05, 3.63) is 52.0 Å². The summed E-state index contributed by atoms with van der Waals surface area (Å²) in [6, 6.07) is 8.76. The zero-order chi connectivity index (χ0) is 18.6. The van der Waals surface area contributed by atoms with Gasteiger partial charge in [0.05, 0.1) is 12.1 Å². The Kier molecular flexibility index (Phi) is 6.32. The van der Waals surface area contributed by atoms with E-state index < -0.39 is 10.0 Å². The second-order valence-electron chi connectivity index (χ2n) is 5.77. The van der Waals surface area contributed by atoms with Crippen LogP contribution in [0.15, 0.2) is 35.2 Å². The minimum absolute atomic E-state index is 0.114. The van der Waals surface area contributed by atoms with Crippen molar-refractivity contribution in [3.63, 3.8) is 0 Å². The molecule has 0 amide bonds. The van der Waals surface area contributed by atoms with Crippen molar-refractivity contribution < 1.29 is 17.9 Å². The lowest BCUT2D eigenvalue weighted by Crippen LogP contribution is -2.28. The average Bonchev–Trinajstić information content (AvgIpc) is 2.56. The Morgan fingerprint density at radius 1 is 1.04 bits per heavy atom. The van der Waals surface area contributed by atoms with E-state index in [-0.39, 0.29) is 18.0 Å². The van der Waals surface area contributed by atoms with Gasteiger partial charge in [0.2, 0.25) is 10.0 Å². The van der Waals surface area contributed by atoms with E-state index in [4.69, 9.17) is 21.1 Å². The minimum atomic E-state index is -3.70. The molecule has 0 atom stereocenters. The molecule has 2 rings (SSSR count). The summed E-state index contributed by atoms with van der Waals surface area (Å²) in [5.41, 5.74) is 2.86. The summed E-state index contributed by atoms with van der Waals surface area (Å²) in [7, 11) is -2.25. The summed E-state index contributed by atoms with van der Waals surface area (Å²) in [5, 5.41) is 0.490. The average molecular weight is 384 g/mol. The largest absolute Gasteiger partial charge is 0.495 e.